The van der Waals surface area contributed by atoms with Gasteiger partial charge in [0.1, 0.15) is 11.5 Å². The van der Waals surface area contributed by atoms with Gasteiger partial charge in [0.05, 0.1) is 10.9 Å². The number of benzene rings is 1. The van der Waals surface area contributed by atoms with Crippen LogP contribution in [0.15, 0.2) is 29.2 Å². The van der Waals surface area contributed by atoms with Crippen molar-refractivity contribution in [1.29, 1.82) is 0 Å². The number of aryl methyl sites for hydroxylation is 1. The maximum atomic E-state index is 13.0. The van der Waals surface area contributed by atoms with Crippen LogP contribution in [0.3, 0.4) is 0 Å². The standard InChI is InChI=1S/C16H19NO4S/c1-11-5-7-12(8-6-11)22(19,20)17-10-13-15(18)21-16(13)9-3-2-4-14(16)17/h5-8,13-14H,2-4,9-10H2,1H3/t13?,14-,16?/m0/s1. The van der Waals surface area contributed by atoms with E-state index in [4.69, 9.17) is 4.74 Å². The molecule has 2 unspecified atom stereocenters. The summed E-state index contributed by atoms with van der Waals surface area (Å²) >= 11 is 0. The van der Waals surface area contributed by atoms with Gasteiger partial charge in [-0.25, -0.2) is 8.42 Å². The number of ether oxygens (including phenoxy) is 1. The molecule has 3 atom stereocenters. The molecule has 3 fully saturated rings. The molecular weight excluding hydrogens is 302 g/mol. The van der Waals surface area contributed by atoms with Gasteiger partial charge in [0.25, 0.3) is 0 Å². The fraction of sp³-hybridized carbons (Fsp3) is 0.562. The van der Waals surface area contributed by atoms with Crippen molar-refractivity contribution in [2.24, 2.45) is 5.92 Å². The van der Waals surface area contributed by atoms with E-state index in [1.54, 1.807) is 24.3 Å². The fourth-order valence-electron chi connectivity index (χ4n) is 4.18. The van der Waals surface area contributed by atoms with Crippen LogP contribution < -0.4 is 0 Å². The van der Waals surface area contributed by atoms with Crippen molar-refractivity contribution < 1.29 is 17.9 Å². The maximum absolute atomic E-state index is 13.0. The van der Waals surface area contributed by atoms with Crippen molar-refractivity contribution in [3.63, 3.8) is 0 Å². The number of hydrogen-bond donors (Lipinski definition) is 0. The molecular formula is C16H19NO4S. The minimum Gasteiger partial charge on any atom is -0.456 e. The summed E-state index contributed by atoms with van der Waals surface area (Å²) in [6.07, 6.45) is 3.54. The lowest BCUT2D eigenvalue weighted by molar-refractivity contribution is -0.213. The minimum atomic E-state index is -3.58. The van der Waals surface area contributed by atoms with Crippen LogP contribution in [0, 0.1) is 12.8 Å². The van der Waals surface area contributed by atoms with Crippen molar-refractivity contribution in [3.8, 4) is 0 Å². The lowest BCUT2D eigenvalue weighted by Crippen LogP contribution is -2.62. The number of sulfonamides is 1. The van der Waals surface area contributed by atoms with Gasteiger partial charge in [-0.3, -0.25) is 4.79 Å². The molecule has 1 aromatic rings. The normalized spacial score (nSPS) is 34.5. The Morgan fingerprint density at radius 1 is 1.23 bits per heavy atom. The summed E-state index contributed by atoms with van der Waals surface area (Å²) in [6, 6.07) is 6.69. The van der Waals surface area contributed by atoms with Crippen molar-refractivity contribution in [1.82, 2.24) is 4.31 Å². The molecule has 4 rings (SSSR count). The molecule has 118 valence electrons. The molecule has 6 heteroatoms. The second-order valence-electron chi connectivity index (χ2n) is 6.58. The Morgan fingerprint density at radius 2 is 1.95 bits per heavy atom. The van der Waals surface area contributed by atoms with Crippen molar-refractivity contribution in [3.05, 3.63) is 29.8 Å². The highest BCUT2D eigenvalue weighted by molar-refractivity contribution is 7.89. The SMILES string of the molecule is Cc1ccc(S(=O)(=O)N2CC3C(=O)OC34CCCC[C@H]24)cc1. The molecule has 2 saturated heterocycles. The van der Waals surface area contributed by atoms with Crippen molar-refractivity contribution >= 4 is 16.0 Å². The zero-order valence-corrected chi connectivity index (χ0v) is 13.3. The van der Waals surface area contributed by atoms with E-state index in [2.05, 4.69) is 0 Å². The smallest absolute Gasteiger partial charge is 0.315 e. The van der Waals surface area contributed by atoms with Crippen LogP contribution in [-0.4, -0.2) is 36.9 Å². The van der Waals surface area contributed by atoms with Crippen LogP contribution in [0.2, 0.25) is 0 Å². The first-order chi connectivity index (χ1) is 10.4. The largest absolute Gasteiger partial charge is 0.456 e. The molecule has 3 aliphatic rings. The zero-order valence-electron chi connectivity index (χ0n) is 12.5. The highest BCUT2D eigenvalue weighted by Crippen LogP contribution is 2.53. The summed E-state index contributed by atoms with van der Waals surface area (Å²) in [5, 5.41) is 0. The van der Waals surface area contributed by atoms with Gasteiger partial charge in [-0.2, -0.15) is 4.31 Å². The average molecular weight is 321 g/mol. The third-order valence-electron chi connectivity index (χ3n) is 5.36. The number of carbonyl (C=O) groups is 1. The van der Waals surface area contributed by atoms with Gasteiger partial charge in [-0.05, 0) is 38.3 Å². The predicted molar refractivity (Wildman–Crippen MR) is 79.6 cm³/mol. The summed E-state index contributed by atoms with van der Waals surface area (Å²) < 4.78 is 33.0. The van der Waals surface area contributed by atoms with E-state index in [1.807, 2.05) is 6.92 Å². The third kappa shape index (κ3) is 1.74. The van der Waals surface area contributed by atoms with E-state index in [-0.39, 0.29) is 24.5 Å². The molecule has 1 aliphatic carbocycles. The van der Waals surface area contributed by atoms with Crippen LogP contribution in [0.5, 0.6) is 0 Å². The van der Waals surface area contributed by atoms with Gasteiger partial charge in [-0.15, -0.1) is 0 Å². The van der Waals surface area contributed by atoms with Gasteiger partial charge in [0, 0.05) is 6.54 Å². The monoisotopic (exact) mass is 321 g/mol. The molecule has 22 heavy (non-hydrogen) atoms. The summed E-state index contributed by atoms with van der Waals surface area (Å²) in [5.41, 5.74) is 0.473. The Bertz CT molecular complexity index is 727. The molecule has 2 heterocycles. The second kappa shape index (κ2) is 4.55. The van der Waals surface area contributed by atoms with Crippen LogP contribution >= 0.6 is 0 Å². The van der Waals surface area contributed by atoms with Crippen LogP contribution in [0.1, 0.15) is 31.2 Å². The van der Waals surface area contributed by atoms with E-state index in [9.17, 15) is 13.2 Å². The number of carbonyl (C=O) groups excluding carboxylic acids is 1. The van der Waals surface area contributed by atoms with Crippen molar-refractivity contribution in [2.75, 3.05) is 6.54 Å². The van der Waals surface area contributed by atoms with Gasteiger partial charge in [-0.1, -0.05) is 24.1 Å². The quantitative estimate of drug-likeness (QED) is 0.780. The first-order valence-electron chi connectivity index (χ1n) is 7.76. The second-order valence-corrected chi connectivity index (χ2v) is 8.47. The zero-order chi connectivity index (χ0) is 15.5. The summed E-state index contributed by atoms with van der Waals surface area (Å²) in [5.74, 6) is -0.522. The van der Waals surface area contributed by atoms with Gasteiger partial charge in [0.2, 0.25) is 10.0 Å². The summed E-state index contributed by atoms with van der Waals surface area (Å²) in [4.78, 5) is 12.1. The number of nitrogens with zero attached hydrogens (tertiary/aromatic N) is 1. The molecule has 0 aromatic heterocycles. The molecule has 0 bridgehead atoms. The Balaban J connectivity index is 1.73. The molecule has 0 N–H and O–H groups in total. The molecule has 1 saturated carbocycles. The summed E-state index contributed by atoms with van der Waals surface area (Å²) in [6.45, 7) is 2.19. The van der Waals surface area contributed by atoms with Crippen molar-refractivity contribution in [2.45, 2.75) is 49.1 Å². The Kier molecular flexibility index (Phi) is 2.94. The lowest BCUT2D eigenvalue weighted by Gasteiger charge is -2.48. The molecule has 0 amide bonds. The third-order valence-corrected chi connectivity index (χ3v) is 7.25. The number of rotatable bonds is 2. The Labute approximate surface area is 130 Å². The highest BCUT2D eigenvalue weighted by atomic mass is 32.2. The number of hydrogen-bond acceptors (Lipinski definition) is 4. The molecule has 2 aliphatic heterocycles. The average Bonchev–Trinajstić information content (AvgIpc) is 2.77. The predicted octanol–water partition coefficient (Wildman–Crippen LogP) is 1.85. The molecule has 5 nitrogen and oxygen atoms in total. The van der Waals surface area contributed by atoms with Gasteiger partial charge in [0.15, 0.2) is 0 Å². The van der Waals surface area contributed by atoms with E-state index < -0.39 is 15.6 Å². The molecule has 1 aromatic carbocycles. The van der Waals surface area contributed by atoms with Gasteiger partial charge >= 0.3 is 5.97 Å². The minimum absolute atomic E-state index is 0.199. The fourth-order valence-corrected chi connectivity index (χ4v) is 5.90. The Morgan fingerprint density at radius 3 is 2.64 bits per heavy atom. The highest BCUT2D eigenvalue weighted by Gasteiger charge is 2.69. The van der Waals surface area contributed by atoms with E-state index in [1.165, 1.54) is 4.31 Å². The Hall–Kier alpha value is -1.40. The first kappa shape index (κ1) is 14.2. The maximum Gasteiger partial charge on any atom is 0.315 e. The lowest BCUT2D eigenvalue weighted by atomic mass is 9.72. The topological polar surface area (TPSA) is 63.7 Å². The van der Waals surface area contributed by atoms with Crippen LogP contribution in [0.4, 0.5) is 0 Å². The van der Waals surface area contributed by atoms with Crippen LogP contribution in [-0.2, 0) is 19.6 Å². The first-order valence-corrected chi connectivity index (χ1v) is 9.20. The van der Waals surface area contributed by atoms with E-state index >= 15 is 0 Å². The summed E-state index contributed by atoms with van der Waals surface area (Å²) in [7, 11) is -3.58. The van der Waals surface area contributed by atoms with E-state index in [0.717, 1.165) is 31.2 Å². The molecule has 0 radical (unpaired) electrons. The van der Waals surface area contributed by atoms with Crippen LogP contribution in [0.25, 0.3) is 0 Å². The molecule has 1 spiro atoms. The number of esters is 1. The van der Waals surface area contributed by atoms with Gasteiger partial charge < -0.3 is 4.74 Å². The van der Waals surface area contributed by atoms with E-state index in [0.29, 0.717) is 4.90 Å².